The summed E-state index contributed by atoms with van der Waals surface area (Å²) in [6, 6.07) is 3.71. The van der Waals surface area contributed by atoms with E-state index in [1.54, 1.807) is 0 Å². The molecule has 0 spiro atoms. The van der Waals surface area contributed by atoms with Crippen molar-refractivity contribution in [3.63, 3.8) is 0 Å². The van der Waals surface area contributed by atoms with Gasteiger partial charge in [-0.2, -0.15) is 0 Å². The lowest BCUT2D eigenvalue weighted by atomic mass is 10.1. The van der Waals surface area contributed by atoms with E-state index in [2.05, 4.69) is 0 Å². The van der Waals surface area contributed by atoms with Gasteiger partial charge in [-0.1, -0.05) is 11.6 Å². The Balaban J connectivity index is 2.73. The summed E-state index contributed by atoms with van der Waals surface area (Å²) in [6.45, 7) is -0.397. The minimum Gasteiger partial charge on any atom is -0.480 e. The van der Waals surface area contributed by atoms with E-state index in [0.29, 0.717) is 5.56 Å². The molecule has 92 valence electrons. The standard InChI is InChI=1S/C11H11ClFNO3/c1-14(6-11(16)17)10(15)5-7-4-8(13)2-3-9(7)12/h2-4H,5-6H2,1H3,(H,16,17). The van der Waals surface area contributed by atoms with E-state index in [1.807, 2.05) is 0 Å². The summed E-state index contributed by atoms with van der Waals surface area (Å²) in [5.74, 6) is -2.02. The Hall–Kier alpha value is -1.62. The molecule has 0 radical (unpaired) electrons. The maximum atomic E-state index is 12.9. The number of rotatable bonds is 4. The summed E-state index contributed by atoms with van der Waals surface area (Å²) in [5, 5.41) is 8.80. The van der Waals surface area contributed by atoms with Crippen LogP contribution >= 0.6 is 11.6 Å². The van der Waals surface area contributed by atoms with Crippen molar-refractivity contribution >= 4 is 23.5 Å². The van der Waals surface area contributed by atoms with Crippen LogP contribution in [0.1, 0.15) is 5.56 Å². The van der Waals surface area contributed by atoms with Crippen molar-refractivity contribution in [2.24, 2.45) is 0 Å². The molecule has 0 saturated carbocycles. The third kappa shape index (κ3) is 4.03. The molecule has 4 nitrogen and oxygen atoms in total. The number of hydrogen-bond donors (Lipinski definition) is 1. The Labute approximate surface area is 103 Å². The molecule has 0 aliphatic heterocycles. The number of halogens is 2. The Morgan fingerprint density at radius 3 is 2.71 bits per heavy atom. The van der Waals surface area contributed by atoms with E-state index in [1.165, 1.54) is 19.2 Å². The normalized spacial score (nSPS) is 10.1. The van der Waals surface area contributed by atoms with E-state index in [-0.39, 0.29) is 11.4 Å². The van der Waals surface area contributed by atoms with Gasteiger partial charge >= 0.3 is 5.97 Å². The fraction of sp³-hybridized carbons (Fsp3) is 0.273. The van der Waals surface area contributed by atoms with E-state index < -0.39 is 24.2 Å². The Morgan fingerprint density at radius 1 is 1.47 bits per heavy atom. The van der Waals surface area contributed by atoms with Crippen LogP contribution in [-0.4, -0.2) is 35.5 Å². The van der Waals surface area contributed by atoms with Crippen molar-refractivity contribution < 1.29 is 19.1 Å². The smallest absolute Gasteiger partial charge is 0.323 e. The second-order valence-corrected chi connectivity index (χ2v) is 3.96. The van der Waals surface area contributed by atoms with Crippen LogP contribution in [0.15, 0.2) is 18.2 Å². The predicted octanol–water partition coefficient (Wildman–Crippen LogP) is 1.56. The molecule has 17 heavy (non-hydrogen) atoms. The number of nitrogens with zero attached hydrogens (tertiary/aromatic N) is 1. The Kier molecular flexibility index (Phi) is 4.45. The first kappa shape index (κ1) is 13.4. The molecule has 0 aliphatic carbocycles. The van der Waals surface area contributed by atoms with Gasteiger partial charge in [-0.3, -0.25) is 9.59 Å². The second kappa shape index (κ2) is 5.63. The van der Waals surface area contributed by atoms with E-state index in [9.17, 15) is 14.0 Å². The summed E-state index contributed by atoms with van der Waals surface area (Å²) in [7, 11) is 1.36. The molecule has 0 fully saturated rings. The molecule has 0 heterocycles. The molecule has 6 heteroatoms. The molecule has 1 amide bonds. The number of carboxylic acid groups (broad SMARTS) is 1. The maximum Gasteiger partial charge on any atom is 0.323 e. The van der Waals surface area contributed by atoms with Gasteiger partial charge in [0.1, 0.15) is 12.4 Å². The number of carboxylic acids is 1. The first-order chi connectivity index (χ1) is 7.90. The van der Waals surface area contributed by atoms with Crippen molar-refractivity contribution in [1.82, 2.24) is 4.90 Å². The highest BCUT2D eigenvalue weighted by molar-refractivity contribution is 6.31. The molecule has 1 rings (SSSR count). The average molecular weight is 260 g/mol. The van der Waals surface area contributed by atoms with Crippen LogP contribution < -0.4 is 0 Å². The number of benzene rings is 1. The van der Waals surface area contributed by atoms with Crippen molar-refractivity contribution in [3.8, 4) is 0 Å². The van der Waals surface area contributed by atoms with Gasteiger partial charge in [0, 0.05) is 12.1 Å². The Bertz CT molecular complexity index is 450. The topological polar surface area (TPSA) is 57.6 Å². The van der Waals surface area contributed by atoms with Crippen LogP contribution in [0.4, 0.5) is 4.39 Å². The van der Waals surface area contributed by atoms with Crippen LogP contribution in [0.25, 0.3) is 0 Å². The van der Waals surface area contributed by atoms with Crippen LogP contribution in [-0.2, 0) is 16.0 Å². The molecule has 0 atom stereocenters. The third-order valence-electron chi connectivity index (χ3n) is 2.15. The number of carbonyl (C=O) groups is 2. The van der Waals surface area contributed by atoms with E-state index in [4.69, 9.17) is 16.7 Å². The van der Waals surface area contributed by atoms with Crippen LogP contribution in [0.3, 0.4) is 0 Å². The molecule has 0 saturated heterocycles. The maximum absolute atomic E-state index is 12.9. The van der Waals surface area contributed by atoms with E-state index >= 15 is 0 Å². The lowest BCUT2D eigenvalue weighted by Crippen LogP contribution is -2.33. The molecule has 1 N–H and O–H groups in total. The van der Waals surface area contributed by atoms with Gasteiger partial charge in [-0.25, -0.2) is 4.39 Å². The zero-order valence-electron chi connectivity index (χ0n) is 9.11. The van der Waals surface area contributed by atoms with Crippen LogP contribution in [0, 0.1) is 5.82 Å². The van der Waals surface area contributed by atoms with Crippen LogP contribution in [0.5, 0.6) is 0 Å². The highest BCUT2D eigenvalue weighted by Crippen LogP contribution is 2.18. The second-order valence-electron chi connectivity index (χ2n) is 3.56. The summed E-state index contributed by atoms with van der Waals surface area (Å²) in [5.41, 5.74) is 0.342. The predicted molar refractivity (Wildman–Crippen MR) is 60.4 cm³/mol. The lowest BCUT2D eigenvalue weighted by Gasteiger charge is -2.14. The molecule has 1 aromatic carbocycles. The number of carbonyl (C=O) groups excluding carboxylic acids is 1. The Morgan fingerprint density at radius 2 is 2.12 bits per heavy atom. The molecule has 1 aromatic rings. The van der Waals surface area contributed by atoms with Gasteiger partial charge in [0.05, 0.1) is 6.42 Å². The zero-order valence-corrected chi connectivity index (χ0v) is 9.87. The van der Waals surface area contributed by atoms with Gasteiger partial charge in [0.25, 0.3) is 0 Å². The van der Waals surface area contributed by atoms with Crippen molar-refractivity contribution in [2.75, 3.05) is 13.6 Å². The van der Waals surface area contributed by atoms with Gasteiger partial charge in [-0.15, -0.1) is 0 Å². The average Bonchev–Trinajstić information content (AvgIpc) is 2.22. The summed E-state index contributed by atoms with van der Waals surface area (Å²) in [6.07, 6.45) is -0.125. The summed E-state index contributed by atoms with van der Waals surface area (Å²) in [4.78, 5) is 23.0. The minimum absolute atomic E-state index is 0.125. The highest BCUT2D eigenvalue weighted by atomic mass is 35.5. The third-order valence-corrected chi connectivity index (χ3v) is 2.52. The highest BCUT2D eigenvalue weighted by Gasteiger charge is 2.14. The van der Waals surface area contributed by atoms with E-state index in [0.717, 1.165) is 11.0 Å². The van der Waals surface area contributed by atoms with Gasteiger partial charge in [-0.05, 0) is 23.8 Å². The molecule has 0 bridgehead atoms. The number of aliphatic carboxylic acids is 1. The molecular weight excluding hydrogens is 249 g/mol. The number of hydrogen-bond acceptors (Lipinski definition) is 2. The zero-order chi connectivity index (χ0) is 13.0. The quantitative estimate of drug-likeness (QED) is 0.893. The summed E-state index contributed by atoms with van der Waals surface area (Å²) >= 11 is 5.80. The van der Waals surface area contributed by atoms with Gasteiger partial charge < -0.3 is 10.0 Å². The fourth-order valence-corrected chi connectivity index (χ4v) is 1.45. The fourth-order valence-electron chi connectivity index (χ4n) is 1.27. The first-order valence-electron chi connectivity index (χ1n) is 4.80. The molecule has 0 aromatic heterocycles. The van der Waals surface area contributed by atoms with Gasteiger partial charge in [0.2, 0.25) is 5.91 Å². The molecular formula is C11H11ClFNO3. The van der Waals surface area contributed by atoms with Crippen molar-refractivity contribution in [2.45, 2.75) is 6.42 Å². The first-order valence-corrected chi connectivity index (χ1v) is 5.17. The van der Waals surface area contributed by atoms with Crippen LogP contribution in [0.2, 0.25) is 5.02 Å². The molecule has 0 unspecified atom stereocenters. The van der Waals surface area contributed by atoms with Gasteiger partial charge in [0.15, 0.2) is 0 Å². The molecule has 0 aliphatic rings. The van der Waals surface area contributed by atoms with Crippen molar-refractivity contribution in [3.05, 3.63) is 34.6 Å². The SMILES string of the molecule is CN(CC(=O)O)C(=O)Cc1cc(F)ccc1Cl. The minimum atomic E-state index is -1.11. The number of likely N-dealkylation sites (N-methyl/N-ethyl adjacent to an activating group) is 1. The summed E-state index contributed by atoms with van der Waals surface area (Å²) < 4.78 is 12.9. The largest absolute Gasteiger partial charge is 0.480 e. The van der Waals surface area contributed by atoms with Crippen molar-refractivity contribution in [1.29, 1.82) is 0 Å². The lowest BCUT2D eigenvalue weighted by molar-refractivity contribution is -0.143. The number of amides is 1. The monoisotopic (exact) mass is 259 g/mol.